The molecule has 1 aliphatic rings. The number of hydrogen-bond acceptors (Lipinski definition) is 7. The van der Waals surface area contributed by atoms with Gasteiger partial charge in [0, 0.05) is 11.6 Å². The number of thiazole rings is 1. The molecule has 0 fully saturated rings. The van der Waals surface area contributed by atoms with Crippen molar-refractivity contribution < 1.29 is 23.8 Å². The molecule has 0 unspecified atom stereocenters. The van der Waals surface area contributed by atoms with Gasteiger partial charge in [0.05, 0.1) is 34.0 Å². The number of carboxylic acids is 1. The van der Waals surface area contributed by atoms with Crippen molar-refractivity contribution in [3.63, 3.8) is 0 Å². The molecule has 8 nitrogen and oxygen atoms in total. The smallest absolute Gasteiger partial charge is 0.338 e. The van der Waals surface area contributed by atoms with Gasteiger partial charge in [0.15, 0.2) is 4.80 Å². The van der Waals surface area contributed by atoms with E-state index in [0.29, 0.717) is 37.7 Å². The minimum absolute atomic E-state index is 0.158. The van der Waals surface area contributed by atoms with E-state index < -0.39 is 18.0 Å². The van der Waals surface area contributed by atoms with Gasteiger partial charge in [-0.05, 0) is 56.2 Å². The molecule has 0 spiro atoms. The number of esters is 1. The molecular formula is C29H24N2O6S. The molecule has 0 bridgehead atoms. The standard InChI is InChI=1S/C29H24N2O6S/c1-4-36-28(35)24-17(3)30-29-31(25(24)18-8-6-5-7-9-18)26(32)23(38-29)15-20-12-13-22(37-20)21-14-19(27(33)34)11-10-16(21)2/h5-15,25H,4H2,1-3H3,(H,33,34)/b23-15-/t25-/m0/s1. The van der Waals surface area contributed by atoms with Gasteiger partial charge >= 0.3 is 11.9 Å². The molecule has 0 amide bonds. The summed E-state index contributed by atoms with van der Waals surface area (Å²) in [6, 6.07) is 16.9. The first-order valence-electron chi connectivity index (χ1n) is 12.0. The third-order valence-corrected chi connectivity index (χ3v) is 7.27. The normalized spacial score (nSPS) is 15.2. The van der Waals surface area contributed by atoms with Crippen LogP contribution in [0.3, 0.4) is 0 Å². The summed E-state index contributed by atoms with van der Waals surface area (Å²) in [7, 11) is 0. The molecule has 2 aromatic heterocycles. The van der Waals surface area contributed by atoms with Crippen molar-refractivity contribution in [2.75, 3.05) is 6.61 Å². The Bertz CT molecular complexity index is 1780. The van der Waals surface area contributed by atoms with Crippen molar-refractivity contribution in [3.8, 4) is 11.3 Å². The molecule has 4 aromatic rings. The maximum Gasteiger partial charge on any atom is 0.338 e. The van der Waals surface area contributed by atoms with E-state index in [9.17, 15) is 19.5 Å². The molecule has 0 aliphatic carbocycles. The number of nitrogens with zero attached hydrogens (tertiary/aromatic N) is 2. The molecule has 38 heavy (non-hydrogen) atoms. The average molecular weight is 529 g/mol. The second-order valence-electron chi connectivity index (χ2n) is 8.75. The average Bonchev–Trinajstić information content (AvgIpc) is 3.48. The minimum Gasteiger partial charge on any atom is -0.478 e. The second kappa shape index (κ2) is 10.1. The number of carbonyl (C=O) groups excluding carboxylic acids is 1. The molecule has 0 radical (unpaired) electrons. The van der Waals surface area contributed by atoms with Crippen LogP contribution < -0.4 is 14.9 Å². The lowest BCUT2D eigenvalue weighted by molar-refractivity contribution is -0.139. The number of carbonyl (C=O) groups is 2. The number of ether oxygens (including phenoxy) is 1. The van der Waals surface area contributed by atoms with E-state index in [-0.39, 0.29) is 17.7 Å². The summed E-state index contributed by atoms with van der Waals surface area (Å²) in [5.41, 5.74) is 2.96. The van der Waals surface area contributed by atoms with Gasteiger partial charge in [-0.15, -0.1) is 0 Å². The Hall–Kier alpha value is -4.50. The zero-order chi connectivity index (χ0) is 27.0. The number of hydrogen-bond donors (Lipinski definition) is 1. The SMILES string of the molecule is CCOC(=O)C1=C(C)N=c2s/c(=C\c3ccc(-c4cc(C(=O)O)ccc4C)o3)c(=O)n2[C@H]1c1ccccc1. The molecule has 1 N–H and O–H groups in total. The molecule has 0 saturated heterocycles. The van der Waals surface area contributed by atoms with E-state index in [1.807, 2.05) is 37.3 Å². The summed E-state index contributed by atoms with van der Waals surface area (Å²) in [4.78, 5) is 43.1. The Balaban J connectivity index is 1.62. The van der Waals surface area contributed by atoms with Crippen LogP contribution in [0.1, 0.15) is 47.1 Å². The van der Waals surface area contributed by atoms with Crippen LogP contribution in [0.4, 0.5) is 0 Å². The van der Waals surface area contributed by atoms with Crippen molar-refractivity contribution in [1.29, 1.82) is 0 Å². The third kappa shape index (κ3) is 4.52. The van der Waals surface area contributed by atoms with Gasteiger partial charge in [0.25, 0.3) is 5.56 Å². The zero-order valence-corrected chi connectivity index (χ0v) is 21.7. The fourth-order valence-electron chi connectivity index (χ4n) is 4.47. The van der Waals surface area contributed by atoms with Crippen LogP contribution in [0.5, 0.6) is 0 Å². The van der Waals surface area contributed by atoms with E-state index in [2.05, 4.69) is 4.99 Å². The van der Waals surface area contributed by atoms with Crippen molar-refractivity contribution in [2.24, 2.45) is 4.99 Å². The Morgan fingerprint density at radius 1 is 1.13 bits per heavy atom. The molecular weight excluding hydrogens is 504 g/mol. The van der Waals surface area contributed by atoms with Crippen molar-refractivity contribution in [3.05, 3.63) is 114 Å². The summed E-state index contributed by atoms with van der Waals surface area (Å²) < 4.78 is 13.2. The minimum atomic E-state index is -1.02. The maximum absolute atomic E-state index is 13.7. The van der Waals surface area contributed by atoms with Gasteiger partial charge in [-0.25, -0.2) is 14.6 Å². The lowest BCUT2D eigenvalue weighted by atomic mass is 9.96. The Kier molecular flexibility index (Phi) is 6.69. The molecule has 192 valence electrons. The predicted octanol–water partition coefficient (Wildman–Crippen LogP) is 4.06. The van der Waals surface area contributed by atoms with Gasteiger partial charge < -0.3 is 14.3 Å². The van der Waals surface area contributed by atoms with E-state index in [1.165, 1.54) is 15.9 Å². The monoisotopic (exact) mass is 528 g/mol. The number of allylic oxidation sites excluding steroid dienone is 1. The highest BCUT2D eigenvalue weighted by molar-refractivity contribution is 7.07. The highest BCUT2D eigenvalue weighted by Gasteiger charge is 2.33. The number of carboxylic acid groups (broad SMARTS) is 1. The first kappa shape index (κ1) is 25.2. The fraction of sp³-hybridized carbons (Fsp3) is 0.172. The summed E-state index contributed by atoms with van der Waals surface area (Å²) in [5.74, 6) is -0.605. The van der Waals surface area contributed by atoms with Gasteiger partial charge in [-0.3, -0.25) is 9.36 Å². The van der Waals surface area contributed by atoms with Gasteiger partial charge in [-0.2, -0.15) is 0 Å². The van der Waals surface area contributed by atoms with Crippen LogP contribution in [0.2, 0.25) is 0 Å². The largest absolute Gasteiger partial charge is 0.478 e. The molecule has 3 heterocycles. The fourth-order valence-corrected chi connectivity index (χ4v) is 5.49. The van der Waals surface area contributed by atoms with E-state index in [4.69, 9.17) is 9.15 Å². The van der Waals surface area contributed by atoms with Crippen LogP contribution >= 0.6 is 11.3 Å². The molecule has 9 heteroatoms. The number of aromatic carboxylic acids is 1. The van der Waals surface area contributed by atoms with Crippen LogP contribution in [0.15, 0.2) is 86.1 Å². The van der Waals surface area contributed by atoms with Gasteiger partial charge in [-0.1, -0.05) is 47.7 Å². The molecule has 1 aliphatic heterocycles. The number of benzene rings is 2. The number of aryl methyl sites for hydroxylation is 1. The van der Waals surface area contributed by atoms with Gasteiger partial charge in [0.2, 0.25) is 0 Å². The van der Waals surface area contributed by atoms with Crippen molar-refractivity contribution in [1.82, 2.24) is 4.57 Å². The Labute approximate surface area is 221 Å². The first-order chi connectivity index (χ1) is 18.3. The first-order valence-corrected chi connectivity index (χ1v) is 12.8. The van der Waals surface area contributed by atoms with E-state index >= 15 is 0 Å². The molecule has 0 saturated carbocycles. The molecule has 5 rings (SSSR count). The summed E-state index contributed by atoms with van der Waals surface area (Å²) in [5, 5.41) is 9.35. The quantitative estimate of drug-likeness (QED) is 0.378. The number of furan rings is 1. The lowest BCUT2D eigenvalue weighted by Crippen LogP contribution is -2.39. The van der Waals surface area contributed by atoms with Crippen molar-refractivity contribution >= 4 is 29.4 Å². The topological polar surface area (TPSA) is 111 Å². The summed E-state index contributed by atoms with van der Waals surface area (Å²) >= 11 is 1.20. The highest BCUT2D eigenvalue weighted by atomic mass is 32.1. The second-order valence-corrected chi connectivity index (χ2v) is 9.76. The van der Waals surface area contributed by atoms with Crippen LogP contribution in [0.25, 0.3) is 17.4 Å². The highest BCUT2D eigenvalue weighted by Crippen LogP contribution is 2.31. The summed E-state index contributed by atoms with van der Waals surface area (Å²) in [6.07, 6.45) is 1.63. The van der Waals surface area contributed by atoms with Gasteiger partial charge in [0.1, 0.15) is 11.5 Å². The third-order valence-electron chi connectivity index (χ3n) is 6.28. The Morgan fingerprint density at radius 3 is 2.61 bits per heavy atom. The van der Waals surface area contributed by atoms with E-state index in [0.717, 1.165) is 11.1 Å². The Morgan fingerprint density at radius 2 is 1.89 bits per heavy atom. The van der Waals surface area contributed by atoms with Crippen LogP contribution in [0, 0.1) is 6.92 Å². The number of aromatic nitrogens is 1. The van der Waals surface area contributed by atoms with Crippen LogP contribution in [-0.4, -0.2) is 28.2 Å². The summed E-state index contributed by atoms with van der Waals surface area (Å²) in [6.45, 7) is 5.55. The van der Waals surface area contributed by atoms with Crippen LogP contribution in [-0.2, 0) is 9.53 Å². The number of rotatable bonds is 6. The van der Waals surface area contributed by atoms with E-state index in [1.54, 1.807) is 50.3 Å². The molecule has 2 aromatic carbocycles. The number of fused-ring (bicyclic) bond motifs is 1. The molecule has 1 atom stereocenters. The zero-order valence-electron chi connectivity index (χ0n) is 20.9. The van der Waals surface area contributed by atoms with Crippen molar-refractivity contribution in [2.45, 2.75) is 26.8 Å². The lowest BCUT2D eigenvalue weighted by Gasteiger charge is -2.24. The maximum atomic E-state index is 13.7. The predicted molar refractivity (Wildman–Crippen MR) is 143 cm³/mol.